The van der Waals surface area contributed by atoms with E-state index in [-0.39, 0.29) is 11.9 Å². The van der Waals surface area contributed by atoms with E-state index < -0.39 is 5.79 Å². The highest BCUT2D eigenvalue weighted by molar-refractivity contribution is 5.92. The third kappa shape index (κ3) is 2.13. The van der Waals surface area contributed by atoms with E-state index in [1.807, 2.05) is 18.2 Å². The van der Waals surface area contributed by atoms with Gasteiger partial charge >= 0.3 is 0 Å². The Bertz CT molecular complexity index is 569. The molecule has 0 saturated carbocycles. The van der Waals surface area contributed by atoms with E-state index in [1.165, 1.54) is 0 Å². The second-order valence-electron chi connectivity index (χ2n) is 4.79. The molecule has 7 heteroatoms. The van der Waals surface area contributed by atoms with Crippen LogP contribution in [-0.4, -0.2) is 11.9 Å². The molecule has 2 aliphatic rings. The molecule has 0 spiro atoms. The number of nitrogens with one attached hydrogen (secondary N) is 3. The molecule has 1 atom stereocenters. The van der Waals surface area contributed by atoms with Crippen molar-refractivity contribution >= 4 is 17.6 Å². The molecule has 0 bridgehead atoms. The second-order valence-corrected chi connectivity index (χ2v) is 4.79. The van der Waals surface area contributed by atoms with Crippen LogP contribution in [0.15, 0.2) is 23.2 Å². The van der Waals surface area contributed by atoms with Crippen molar-refractivity contribution in [1.82, 2.24) is 10.9 Å². The lowest BCUT2D eigenvalue weighted by atomic mass is 10.0. The Kier molecular flexibility index (Phi) is 2.65. The third-order valence-corrected chi connectivity index (χ3v) is 3.35. The van der Waals surface area contributed by atoms with E-state index >= 15 is 0 Å². The molecule has 7 nitrogen and oxygen atoms in total. The van der Waals surface area contributed by atoms with Crippen molar-refractivity contribution in [3.05, 3.63) is 29.3 Å². The van der Waals surface area contributed by atoms with Crippen LogP contribution in [0.2, 0.25) is 0 Å². The van der Waals surface area contributed by atoms with Crippen LogP contribution in [0, 0.1) is 0 Å². The van der Waals surface area contributed by atoms with Crippen molar-refractivity contribution in [3.8, 4) is 0 Å². The number of benzene rings is 1. The molecule has 2 aliphatic heterocycles. The molecular formula is C12H16N6O. The molecule has 0 fully saturated rings. The Morgan fingerprint density at radius 2 is 2.16 bits per heavy atom. The number of nitrogens with two attached hydrogens (primary N) is 2. The van der Waals surface area contributed by atoms with Crippen LogP contribution in [-0.2, 0) is 17.0 Å². The quantitative estimate of drug-likeness (QED) is 0.464. The zero-order valence-corrected chi connectivity index (χ0v) is 10.4. The molecule has 2 heterocycles. The average molecular weight is 260 g/mol. The minimum Gasteiger partial charge on any atom is -0.369 e. The zero-order valence-electron chi connectivity index (χ0n) is 10.4. The number of carbonyl (C=O) groups excluding carboxylic acids is 1. The summed E-state index contributed by atoms with van der Waals surface area (Å²) in [4.78, 5) is 15.7. The van der Waals surface area contributed by atoms with E-state index in [9.17, 15) is 4.79 Å². The number of hydrogen-bond donors (Lipinski definition) is 5. The van der Waals surface area contributed by atoms with Crippen molar-refractivity contribution < 1.29 is 4.79 Å². The van der Waals surface area contributed by atoms with Crippen LogP contribution >= 0.6 is 0 Å². The maximum absolute atomic E-state index is 11.6. The van der Waals surface area contributed by atoms with Gasteiger partial charge in [0.1, 0.15) is 0 Å². The standard InChI is InChI=1S/C12H16N6O/c13-11-16-12(14,18-17-11)8-5-4-7-2-1-3-10(19)15-9(7)6-8/h4-6,18H,1-3,14H2,(H,15,19)(H3,13,16,17). The molecule has 19 heavy (non-hydrogen) atoms. The monoisotopic (exact) mass is 260 g/mol. The first-order valence-electron chi connectivity index (χ1n) is 6.17. The van der Waals surface area contributed by atoms with Gasteiger partial charge in [0, 0.05) is 17.7 Å². The predicted octanol–water partition coefficient (Wildman–Crippen LogP) is -0.547. The fourth-order valence-electron chi connectivity index (χ4n) is 2.34. The molecule has 0 aliphatic carbocycles. The number of hydrazine groups is 1. The third-order valence-electron chi connectivity index (χ3n) is 3.35. The van der Waals surface area contributed by atoms with Crippen molar-refractivity contribution in [2.45, 2.75) is 25.0 Å². The summed E-state index contributed by atoms with van der Waals surface area (Å²) in [6.07, 6.45) is 2.28. The smallest absolute Gasteiger partial charge is 0.224 e. The summed E-state index contributed by atoms with van der Waals surface area (Å²) in [5, 5.41) is 2.89. The molecule has 0 saturated heterocycles. The number of hydrogen-bond acceptors (Lipinski definition) is 6. The predicted molar refractivity (Wildman–Crippen MR) is 71.8 cm³/mol. The van der Waals surface area contributed by atoms with Crippen molar-refractivity contribution in [2.24, 2.45) is 16.5 Å². The summed E-state index contributed by atoms with van der Waals surface area (Å²) in [5.74, 6) is -0.833. The molecular weight excluding hydrogens is 244 g/mol. The number of carbonyl (C=O) groups is 1. The molecule has 0 radical (unpaired) electrons. The van der Waals surface area contributed by atoms with Crippen molar-refractivity contribution in [3.63, 3.8) is 0 Å². The summed E-state index contributed by atoms with van der Waals surface area (Å²) in [5.41, 5.74) is 19.8. The number of guanidine groups is 1. The van der Waals surface area contributed by atoms with Crippen molar-refractivity contribution in [2.75, 3.05) is 5.32 Å². The van der Waals surface area contributed by atoms with Gasteiger partial charge in [-0.15, -0.1) is 0 Å². The highest BCUT2D eigenvalue weighted by Crippen LogP contribution is 2.27. The SMILES string of the molecule is NC1=NC(N)(c2ccc3c(c2)NC(=O)CCC3)NN1. The maximum Gasteiger partial charge on any atom is 0.224 e. The highest BCUT2D eigenvalue weighted by Gasteiger charge is 2.32. The number of rotatable bonds is 1. The maximum atomic E-state index is 11.6. The van der Waals surface area contributed by atoms with Gasteiger partial charge in [-0.05, 0) is 24.5 Å². The molecule has 0 aromatic heterocycles. The number of aryl methyl sites for hydroxylation is 1. The van der Waals surface area contributed by atoms with Crippen LogP contribution in [0.25, 0.3) is 0 Å². The summed E-state index contributed by atoms with van der Waals surface area (Å²) < 4.78 is 0. The molecule has 1 aromatic carbocycles. The number of amides is 1. The fraction of sp³-hybridized carbons (Fsp3) is 0.333. The Balaban J connectivity index is 1.99. The Morgan fingerprint density at radius 1 is 1.32 bits per heavy atom. The first kappa shape index (κ1) is 11.9. The van der Waals surface area contributed by atoms with Gasteiger partial charge in [0.05, 0.1) is 0 Å². The lowest BCUT2D eigenvalue weighted by molar-refractivity contribution is -0.116. The normalized spacial score (nSPS) is 25.9. The molecule has 1 aromatic rings. The topological polar surface area (TPSA) is 118 Å². The van der Waals surface area contributed by atoms with E-state index in [0.717, 1.165) is 29.7 Å². The van der Waals surface area contributed by atoms with Crippen LogP contribution in [0.1, 0.15) is 24.0 Å². The molecule has 3 rings (SSSR count). The largest absolute Gasteiger partial charge is 0.369 e. The highest BCUT2D eigenvalue weighted by atomic mass is 16.1. The van der Waals surface area contributed by atoms with Gasteiger partial charge in [-0.2, -0.15) is 5.43 Å². The zero-order chi connectivity index (χ0) is 13.5. The Hall–Kier alpha value is -2.12. The minimum atomic E-state index is -1.10. The van der Waals surface area contributed by atoms with Gasteiger partial charge < -0.3 is 11.1 Å². The number of nitrogens with zero attached hydrogens (tertiary/aromatic N) is 1. The summed E-state index contributed by atoms with van der Waals surface area (Å²) in [7, 11) is 0. The van der Waals surface area contributed by atoms with Gasteiger partial charge in [0.2, 0.25) is 17.7 Å². The van der Waals surface area contributed by atoms with E-state index in [2.05, 4.69) is 21.2 Å². The van der Waals surface area contributed by atoms with Crippen molar-refractivity contribution in [1.29, 1.82) is 0 Å². The lowest BCUT2D eigenvalue weighted by Gasteiger charge is -2.22. The van der Waals surface area contributed by atoms with Gasteiger partial charge in [-0.1, -0.05) is 12.1 Å². The summed E-state index contributed by atoms with van der Waals surface area (Å²) in [6, 6.07) is 5.71. The van der Waals surface area contributed by atoms with Gasteiger partial charge in [-0.3, -0.25) is 16.0 Å². The van der Waals surface area contributed by atoms with Crippen LogP contribution in [0.4, 0.5) is 5.69 Å². The molecule has 1 amide bonds. The van der Waals surface area contributed by atoms with Gasteiger partial charge in [0.25, 0.3) is 0 Å². The summed E-state index contributed by atoms with van der Waals surface area (Å²) >= 11 is 0. The first-order valence-corrected chi connectivity index (χ1v) is 6.17. The van der Waals surface area contributed by atoms with Gasteiger partial charge in [-0.25, -0.2) is 4.99 Å². The second kappa shape index (κ2) is 4.22. The van der Waals surface area contributed by atoms with Crippen LogP contribution < -0.4 is 27.6 Å². The molecule has 1 unspecified atom stereocenters. The van der Waals surface area contributed by atoms with Crippen LogP contribution in [0.3, 0.4) is 0 Å². The number of anilines is 1. The van der Waals surface area contributed by atoms with Gasteiger partial charge in [0.15, 0.2) is 0 Å². The number of aliphatic imine (C=N–C) groups is 1. The van der Waals surface area contributed by atoms with E-state index in [4.69, 9.17) is 11.5 Å². The lowest BCUT2D eigenvalue weighted by Crippen LogP contribution is -2.50. The average Bonchev–Trinajstić information content (AvgIpc) is 2.61. The summed E-state index contributed by atoms with van der Waals surface area (Å²) in [6.45, 7) is 0. The first-order chi connectivity index (χ1) is 9.07. The van der Waals surface area contributed by atoms with E-state index in [0.29, 0.717) is 6.42 Å². The Morgan fingerprint density at radius 3 is 2.89 bits per heavy atom. The fourth-order valence-corrected chi connectivity index (χ4v) is 2.34. The Labute approximate surface area is 110 Å². The van der Waals surface area contributed by atoms with Crippen LogP contribution in [0.5, 0.6) is 0 Å². The molecule has 7 N–H and O–H groups in total. The molecule has 100 valence electrons. The number of fused-ring (bicyclic) bond motifs is 1. The minimum absolute atomic E-state index is 0.0301. The van der Waals surface area contributed by atoms with E-state index in [1.54, 1.807) is 0 Å².